The Morgan fingerprint density at radius 3 is 2.34 bits per heavy atom. The summed E-state index contributed by atoms with van der Waals surface area (Å²) in [6.45, 7) is 6.41. The fourth-order valence-corrected chi connectivity index (χ4v) is 4.97. The molecule has 0 N–H and O–H groups in total. The topological polar surface area (TPSA) is 62.3 Å². The number of nitrogens with zero attached hydrogens (tertiary/aromatic N) is 3. The van der Waals surface area contributed by atoms with Crippen molar-refractivity contribution in [2.45, 2.75) is 45.6 Å². The Morgan fingerprint density at radius 1 is 0.886 bits per heavy atom. The number of benzene rings is 2. The van der Waals surface area contributed by atoms with Crippen LogP contribution in [0, 0.1) is 0 Å². The zero-order valence-electron chi connectivity index (χ0n) is 21.0. The van der Waals surface area contributed by atoms with Crippen molar-refractivity contribution in [1.82, 2.24) is 4.90 Å². The van der Waals surface area contributed by atoms with Gasteiger partial charge < -0.3 is 24.2 Å². The van der Waals surface area contributed by atoms with Crippen LogP contribution >= 0.6 is 0 Å². The van der Waals surface area contributed by atoms with Crippen molar-refractivity contribution in [1.29, 1.82) is 0 Å². The zero-order valence-corrected chi connectivity index (χ0v) is 21.0. The maximum absolute atomic E-state index is 14.0. The first kappa shape index (κ1) is 25.0. The lowest BCUT2D eigenvalue weighted by Crippen LogP contribution is -2.37. The highest BCUT2D eigenvalue weighted by Crippen LogP contribution is 2.29. The van der Waals surface area contributed by atoms with Gasteiger partial charge in [-0.3, -0.25) is 9.59 Å². The molecule has 35 heavy (non-hydrogen) atoms. The van der Waals surface area contributed by atoms with E-state index in [1.165, 1.54) is 0 Å². The Bertz CT molecular complexity index is 1020. The van der Waals surface area contributed by atoms with Crippen molar-refractivity contribution in [2.24, 2.45) is 0 Å². The first-order valence-electron chi connectivity index (χ1n) is 12.7. The number of amides is 2. The summed E-state index contributed by atoms with van der Waals surface area (Å²) in [6, 6.07) is 13.8. The summed E-state index contributed by atoms with van der Waals surface area (Å²) in [5.41, 5.74) is 3.46. The molecule has 2 aliphatic heterocycles. The summed E-state index contributed by atoms with van der Waals surface area (Å²) in [6.07, 6.45) is 5.19. The Kier molecular flexibility index (Phi) is 8.64. The minimum Gasteiger partial charge on any atom is -0.496 e. The minimum atomic E-state index is -0.0433. The summed E-state index contributed by atoms with van der Waals surface area (Å²) in [5.74, 6) is 0.572. The number of carbonyl (C=O) groups is 2. The lowest BCUT2D eigenvalue weighted by Gasteiger charge is -2.31. The van der Waals surface area contributed by atoms with Crippen molar-refractivity contribution >= 4 is 23.2 Å². The standard InChI is InChI=1S/C28H37N3O4/c1-22(32)31-15-9-5-3-4-8-14-30(21-23-10-6-7-11-26(23)31)28(33)25-20-24(12-13-27(25)34-2)29-16-18-35-19-17-29/h6-7,10-13,20H,3-5,8-9,14-19,21H2,1-2H3. The Morgan fingerprint density at radius 2 is 1.60 bits per heavy atom. The summed E-state index contributed by atoms with van der Waals surface area (Å²) in [5, 5.41) is 0. The van der Waals surface area contributed by atoms with Gasteiger partial charge in [0.25, 0.3) is 5.91 Å². The smallest absolute Gasteiger partial charge is 0.257 e. The summed E-state index contributed by atoms with van der Waals surface area (Å²) >= 11 is 0. The summed E-state index contributed by atoms with van der Waals surface area (Å²) in [7, 11) is 1.61. The van der Waals surface area contributed by atoms with Gasteiger partial charge in [-0.05, 0) is 42.7 Å². The van der Waals surface area contributed by atoms with Crippen LogP contribution < -0.4 is 14.5 Å². The molecular formula is C28H37N3O4. The Hall–Kier alpha value is -3.06. The van der Waals surface area contributed by atoms with Gasteiger partial charge in [-0.2, -0.15) is 0 Å². The quantitative estimate of drug-likeness (QED) is 0.649. The summed E-state index contributed by atoms with van der Waals surface area (Å²) < 4.78 is 11.1. The molecule has 2 aliphatic rings. The second-order valence-electron chi connectivity index (χ2n) is 9.28. The number of morpholine rings is 1. The lowest BCUT2D eigenvalue weighted by atomic mass is 10.1. The number of rotatable bonds is 3. The molecule has 2 amide bonds. The predicted octanol–water partition coefficient (Wildman–Crippen LogP) is 4.49. The molecule has 188 valence electrons. The molecule has 7 heteroatoms. The molecule has 7 nitrogen and oxygen atoms in total. The van der Waals surface area contributed by atoms with Crippen LogP contribution in [0.5, 0.6) is 5.75 Å². The lowest BCUT2D eigenvalue weighted by molar-refractivity contribution is -0.116. The molecular weight excluding hydrogens is 442 g/mol. The summed E-state index contributed by atoms with van der Waals surface area (Å²) in [4.78, 5) is 32.5. The van der Waals surface area contributed by atoms with Crippen LogP contribution in [-0.2, 0) is 16.1 Å². The van der Waals surface area contributed by atoms with Crippen LogP contribution in [0.2, 0.25) is 0 Å². The van der Waals surface area contributed by atoms with E-state index in [4.69, 9.17) is 9.47 Å². The molecule has 4 rings (SSSR count). The van der Waals surface area contributed by atoms with Crippen LogP contribution in [-0.4, -0.2) is 63.2 Å². The average Bonchev–Trinajstić information content (AvgIpc) is 2.88. The predicted molar refractivity (Wildman–Crippen MR) is 138 cm³/mol. The van der Waals surface area contributed by atoms with E-state index in [0.717, 1.165) is 62.1 Å². The van der Waals surface area contributed by atoms with Gasteiger partial charge in [0.2, 0.25) is 5.91 Å². The van der Waals surface area contributed by atoms with Crippen LogP contribution in [0.15, 0.2) is 42.5 Å². The molecule has 2 heterocycles. The molecule has 0 aliphatic carbocycles. The fourth-order valence-electron chi connectivity index (χ4n) is 4.97. The Balaban J connectivity index is 1.67. The van der Waals surface area contributed by atoms with Gasteiger partial charge in [0.05, 0.1) is 25.9 Å². The van der Waals surface area contributed by atoms with Crippen LogP contribution in [0.4, 0.5) is 11.4 Å². The first-order valence-corrected chi connectivity index (χ1v) is 12.7. The first-order chi connectivity index (χ1) is 17.1. The van der Waals surface area contributed by atoms with E-state index in [9.17, 15) is 9.59 Å². The monoisotopic (exact) mass is 479 g/mol. The van der Waals surface area contributed by atoms with Gasteiger partial charge in [-0.15, -0.1) is 0 Å². The van der Waals surface area contributed by atoms with Gasteiger partial charge in [0, 0.05) is 51.0 Å². The van der Waals surface area contributed by atoms with E-state index >= 15 is 0 Å². The number of ether oxygens (including phenoxy) is 2. The maximum atomic E-state index is 14.0. The van der Waals surface area contributed by atoms with E-state index in [1.807, 2.05) is 52.3 Å². The molecule has 0 saturated carbocycles. The third kappa shape index (κ3) is 6.14. The van der Waals surface area contributed by atoms with Crippen LogP contribution in [0.3, 0.4) is 0 Å². The van der Waals surface area contributed by atoms with Gasteiger partial charge in [0.15, 0.2) is 0 Å². The number of carbonyl (C=O) groups excluding carboxylic acids is 2. The molecule has 1 fully saturated rings. The zero-order chi connectivity index (χ0) is 24.6. The number of fused-ring (bicyclic) bond motifs is 1. The Labute approximate surface area is 208 Å². The van der Waals surface area contributed by atoms with Crippen molar-refractivity contribution in [2.75, 3.05) is 56.3 Å². The van der Waals surface area contributed by atoms with Gasteiger partial charge in [-0.1, -0.05) is 37.5 Å². The average molecular weight is 480 g/mol. The fraction of sp³-hybridized carbons (Fsp3) is 0.500. The maximum Gasteiger partial charge on any atom is 0.257 e. The third-order valence-corrected chi connectivity index (χ3v) is 6.91. The number of methoxy groups -OCH3 is 1. The highest BCUT2D eigenvalue weighted by Gasteiger charge is 2.24. The number of hydrogen-bond acceptors (Lipinski definition) is 5. The number of hydrogen-bond donors (Lipinski definition) is 0. The van der Waals surface area contributed by atoms with Crippen LogP contribution in [0.1, 0.15) is 54.9 Å². The highest BCUT2D eigenvalue weighted by molar-refractivity contribution is 5.98. The third-order valence-electron chi connectivity index (χ3n) is 6.91. The van der Waals surface area contributed by atoms with E-state index < -0.39 is 0 Å². The van der Waals surface area contributed by atoms with Crippen molar-refractivity contribution in [3.63, 3.8) is 0 Å². The highest BCUT2D eigenvalue weighted by atomic mass is 16.5. The minimum absolute atomic E-state index is 0.0345. The molecule has 2 aromatic carbocycles. The SMILES string of the molecule is COc1ccc(N2CCOCC2)cc1C(=O)N1CCCCCCCN(C(C)=O)c2ccccc2C1. The molecule has 1 saturated heterocycles. The molecule has 0 bridgehead atoms. The van der Waals surface area contributed by atoms with E-state index in [-0.39, 0.29) is 11.8 Å². The normalized spacial score (nSPS) is 17.7. The molecule has 0 atom stereocenters. The van der Waals surface area contributed by atoms with E-state index in [1.54, 1.807) is 14.0 Å². The number of para-hydroxylation sites is 1. The van der Waals surface area contributed by atoms with Crippen molar-refractivity contribution < 1.29 is 19.1 Å². The number of anilines is 2. The molecule has 0 aromatic heterocycles. The van der Waals surface area contributed by atoms with Crippen LogP contribution in [0.25, 0.3) is 0 Å². The largest absolute Gasteiger partial charge is 0.496 e. The van der Waals surface area contributed by atoms with Gasteiger partial charge >= 0.3 is 0 Å². The van der Waals surface area contributed by atoms with E-state index in [2.05, 4.69) is 4.90 Å². The van der Waals surface area contributed by atoms with Gasteiger partial charge in [-0.25, -0.2) is 0 Å². The second-order valence-corrected chi connectivity index (χ2v) is 9.28. The molecule has 2 aromatic rings. The van der Waals surface area contributed by atoms with Gasteiger partial charge in [0.1, 0.15) is 5.75 Å². The van der Waals surface area contributed by atoms with E-state index in [0.29, 0.717) is 44.2 Å². The van der Waals surface area contributed by atoms with Crippen molar-refractivity contribution in [3.8, 4) is 5.75 Å². The molecule has 0 spiro atoms. The molecule has 0 radical (unpaired) electrons. The van der Waals surface area contributed by atoms with Crippen molar-refractivity contribution in [3.05, 3.63) is 53.6 Å². The molecule has 0 unspecified atom stereocenters. The second kappa shape index (κ2) is 12.1.